The maximum Gasteiger partial charge on any atom is 0.306 e. The van der Waals surface area contributed by atoms with Crippen molar-refractivity contribution in [1.29, 1.82) is 0 Å². The van der Waals surface area contributed by atoms with Gasteiger partial charge >= 0.3 is 5.97 Å². The largest absolute Gasteiger partial charge is 0.481 e. The summed E-state index contributed by atoms with van der Waals surface area (Å²) >= 11 is 0. The minimum absolute atomic E-state index is 0.0360. The Hall–Kier alpha value is -2.44. The van der Waals surface area contributed by atoms with Crippen molar-refractivity contribution in [3.8, 4) is 0 Å². The summed E-state index contributed by atoms with van der Waals surface area (Å²) < 4.78 is 1.74. The van der Waals surface area contributed by atoms with Gasteiger partial charge in [0.15, 0.2) is 5.65 Å². The van der Waals surface area contributed by atoms with E-state index in [9.17, 15) is 14.7 Å². The lowest BCUT2D eigenvalue weighted by molar-refractivity contribution is -0.145. The molecule has 2 fully saturated rings. The zero-order valence-electron chi connectivity index (χ0n) is 15.4. The molecule has 7 nitrogen and oxygen atoms in total. The second-order valence-electron chi connectivity index (χ2n) is 7.74. The number of amides is 1. The van der Waals surface area contributed by atoms with Crippen LogP contribution in [-0.2, 0) is 11.8 Å². The molecule has 4 rings (SSSR count). The number of carbonyl (C=O) groups is 2. The van der Waals surface area contributed by atoms with E-state index in [4.69, 9.17) is 4.98 Å². The van der Waals surface area contributed by atoms with E-state index in [-0.39, 0.29) is 17.7 Å². The number of nitrogens with zero attached hydrogens (tertiary/aromatic N) is 4. The molecular formula is C19H24N4O3. The number of aliphatic carboxylic acids is 1. The van der Waals surface area contributed by atoms with Gasteiger partial charge in [-0.1, -0.05) is 6.92 Å². The second kappa shape index (κ2) is 6.07. The fourth-order valence-corrected chi connectivity index (χ4v) is 4.09. The number of aromatic nitrogens is 3. The van der Waals surface area contributed by atoms with Crippen LogP contribution in [0.5, 0.6) is 0 Å². The number of hydrogen-bond donors (Lipinski definition) is 1. The number of carboxylic acid groups (broad SMARTS) is 1. The van der Waals surface area contributed by atoms with Gasteiger partial charge in [-0.25, -0.2) is 4.98 Å². The lowest BCUT2D eigenvalue weighted by atomic mass is 9.86. The average Bonchev–Trinajstić information content (AvgIpc) is 3.40. The van der Waals surface area contributed by atoms with Crippen LogP contribution in [0.25, 0.3) is 11.0 Å². The fourth-order valence-electron chi connectivity index (χ4n) is 4.09. The Morgan fingerprint density at radius 1 is 1.27 bits per heavy atom. The van der Waals surface area contributed by atoms with E-state index >= 15 is 0 Å². The first-order valence-electron chi connectivity index (χ1n) is 9.23. The topological polar surface area (TPSA) is 88.3 Å². The number of likely N-dealkylation sites (tertiary alicyclic amines) is 1. The Kier molecular flexibility index (Phi) is 3.97. The second-order valence-corrected chi connectivity index (χ2v) is 7.74. The Labute approximate surface area is 152 Å². The molecule has 1 saturated heterocycles. The molecule has 0 bridgehead atoms. The normalized spacial score (nSPS) is 23.4. The molecule has 1 N–H and O–H groups in total. The van der Waals surface area contributed by atoms with E-state index in [2.05, 4.69) is 5.10 Å². The van der Waals surface area contributed by atoms with Gasteiger partial charge in [0.05, 0.1) is 22.6 Å². The minimum Gasteiger partial charge on any atom is -0.481 e. The highest BCUT2D eigenvalue weighted by Gasteiger charge is 2.35. The number of carbonyl (C=O) groups excluding carboxylic acids is 1. The van der Waals surface area contributed by atoms with Crippen molar-refractivity contribution in [2.24, 2.45) is 18.9 Å². The van der Waals surface area contributed by atoms with Crippen LogP contribution in [0.3, 0.4) is 0 Å². The van der Waals surface area contributed by atoms with Crippen LogP contribution in [-0.4, -0.2) is 49.7 Å². The standard InChI is InChI=1S/C19H24N4O3/c1-10-9-23(7-6-13(10)19(25)26)18(24)14-8-15(12-4-5-12)20-17-16(14)11(2)21-22(17)3/h8,10,12-13H,4-7,9H2,1-3H3,(H,25,26). The van der Waals surface area contributed by atoms with Gasteiger partial charge in [0.1, 0.15) is 0 Å². The molecule has 2 aliphatic rings. The molecule has 2 aromatic heterocycles. The van der Waals surface area contributed by atoms with E-state index in [1.54, 1.807) is 9.58 Å². The summed E-state index contributed by atoms with van der Waals surface area (Å²) in [5.41, 5.74) is 3.18. The summed E-state index contributed by atoms with van der Waals surface area (Å²) in [6, 6.07) is 1.94. The van der Waals surface area contributed by atoms with Gasteiger partial charge in [-0.15, -0.1) is 0 Å². The minimum atomic E-state index is -0.768. The Balaban J connectivity index is 1.72. The van der Waals surface area contributed by atoms with Crippen LogP contribution in [0.15, 0.2) is 6.07 Å². The van der Waals surface area contributed by atoms with Gasteiger partial charge in [0.25, 0.3) is 5.91 Å². The van der Waals surface area contributed by atoms with Crippen molar-refractivity contribution >= 4 is 22.9 Å². The molecule has 1 amide bonds. The molecule has 1 aliphatic heterocycles. The maximum absolute atomic E-state index is 13.3. The molecule has 1 aliphatic carbocycles. The highest BCUT2D eigenvalue weighted by Crippen LogP contribution is 2.40. The van der Waals surface area contributed by atoms with Gasteiger partial charge in [0, 0.05) is 31.7 Å². The Morgan fingerprint density at radius 3 is 2.62 bits per heavy atom. The van der Waals surface area contributed by atoms with E-state index < -0.39 is 5.97 Å². The van der Waals surface area contributed by atoms with Crippen molar-refractivity contribution < 1.29 is 14.7 Å². The van der Waals surface area contributed by atoms with Gasteiger partial charge < -0.3 is 10.0 Å². The van der Waals surface area contributed by atoms with Crippen molar-refractivity contribution in [2.45, 2.75) is 39.0 Å². The van der Waals surface area contributed by atoms with E-state index in [1.165, 1.54) is 0 Å². The van der Waals surface area contributed by atoms with Crippen LogP contribution < -0.4 is 0 Å². The first-order valence-corrected chi connectivity index (χ1v) is 9.23. The predicted octanol–water partition coefficient (Wildman–Crippen LogP) is 2.34. The van der Waals surface area contributed by atoms with Gasteiger partial charge in [-0.2, -0.15) is 5.10 Å². The summed E-state index contributed by atoms with van der Waals surface area (Å²) in [6.07, 6.45) is 2.73. The molecule has 0 spiro atoms. The summed E-state index contributed by atoms with van der Waals surface area (Å²) in [7, 11) is 1.85. The van der Waals surface area contributed by atoms with Gasteiger partial charge in [-0.05, 0) is 38.2 Å². The Bertz CT molecular complexity index is 900. The van der Waals surface area contributed by atoms with E-state index in [0.29, 0.717) is 31.0 Å². The van der Waals surface area contributed by atoms with Crippen molar-refractivity contribution in [2.75, 3.05) is 13.1 Å². The van der Waals surface area contributed by atoms with E-state index in [1.807, 2.05) is 27.0 Å². The third-order valence-corrected chi connectivity index (χ3v) is 5.72. The first kappa shape index (κ1) is 17.0. The van der Waals surface area contributed by atoms with Crippen LogP contribution in [0.2, 0.25) is 0 Å². The van der Waals surface area contributed by atoms with Crippen LogP contribution in [0, 0.1) is 18.8 Å². The molecule has 138 valence electrons. The number of carboxylic acids is 1. The molecule has 2 aromatic rings. The molecule has 0 aromatic carbocycles. The molecule has 2 unspecified atom stereocenters. The smallest absolute Gasteiger partial charge is 0.306 e. The molecule has 26 heavy (non-hydrogen) atoms. The highest BCUT2D eigenvalue weighted by atomic mass is 16.4. The molecule has 7 heteroatoms. The van der Waals surface area contributed by atoms with Gasteiger partial charge in [-0.3, -0.25) is 14.3 Å². The highest BCUT2D eigenvalue weighted by molar-refractivity contribution is 6.06. The quantitative estimate of drug-likeness (QED) is 0.912. The summed E-state index contributed by atoms with van der Waals surface area (Å²) in [5.74, 6) is -0.793. The third kappa shape index (κ3) is 2.75. The zero-order valence-corrected chi connectivity index (χ0v) is 15.4. The number of piperidine rings is 1. The summed E-state index contributed by atoms with van der Waals surface area (Å²) in [6.45, 7) is 4.75. The zero-order chi connectivity index (χ0) is 18.6. The number of aryl methyl sites for hydroxylation is 2. The third-order valence-electron chi connectivity index (χ3n) is 5.72. The maximum atomic E-state index is 13.3. The van der Waals surface area contributed by atoms with Crippen LogP contribution in [0.4, 0.5) is 0 Å². The number of rotatable bonds is 3. The van der Waals surface area contributed by atoms with Crippen molar-refractivity contribution in [1.82, 2.24) is 19.7 Å². The fraction of sp³-hybridized carbons (Fsp3) is 0.579. The summed E-state index contributed by atoms with van der Waals surface area (Å²) in [5, 5.41) is 14.6. The summed E-state index contributed by atoms with van der Waals surface area (Å²) in [4.78, 5) is 31.2. The Morgan fingerprint density at radius 2 is 2.00 bits per heavy atom. The van der Waals surface area contributed by atoms with E-state index in [0.717, 1.165) is 35.3 Å². The molecule has 2 atom stereocenters. The van der Waals surface area contributed by atoms with Crippen molar-refractivity contribution in [3.05, 3.63) is 23.0 Å². The van der Waals surface area contributed by atoms with Gasteiger partial charge in [0.2, 0.25) is 0 Å². The number of hydrogen-bond acceptors (Lipinski definition) is 4. The number of pyridine rings is 1. The molecule has 3 heterocycles. The lowest BCUT2D eigenvalue weighted by Crippen LogP contribution is -2.45. The SMILES string of the molecule is Cc1nn(C)c2nc(C3CC3)cc(C(=O)N3CCC(C(=O)O)C(C)C3)c12. The average molecular weight is 356 g/mol. The molecule has 1 saturated carbocycles. The molecular weight excluding hydrogens is 332 g/mol. The number of fused-ring (bicyclic) bond motifs is 1. The molecule has 0 radical (unpaired) electrons. The van der Waals surface area contributed by atoms with Crippen LogP contribution >= 0.6 is 0 Å². The van der Waals surface area contributed by atoms with Crippen LogP contribution in [0.1, 0.15) is 53.8 Å². The lowest BCUT2D eigenvalue weighted by Gasteiger charge is -2.35. The predicted molar refractivity (Wildman–Crippen MR) is 96.0 cm³/mol. The van der Waals surface area contributed by atoms with Crippen molar-refractivity contribution in [3.63, 3.8) is 0 Å². The monoisotopic (exact) mass is 356 g/mol. The first-order chi connectivity index (χ1) is 12.4.